The maximum atomic E-state index is 10.1. The van der Waals surface area contributed by atoms with Crippen molar-refractivity contribution in [2.75, 3.05) is 7.11 Å². The van der Waals surface area contributed by atoms with Gasteiger partial charge in [0.2, 0.25) is 5.88 Å². The third-order valence-corrected chi connectivity index (χ3v) is 4.54. The van der Waals surface area contributed by atoms with Crippen LogP contribution in [0.15, 0.2) is 34.2 Å². The summed E-state index contributed by atoms with van der Waals surface area (Å²) in [5, 5.41) is 12.1. The first-order valence-corrected chi connectivity index (χ1v) is 7.25. The van der Waals surface area contributed by atoms with E-state index in [-0.39, 0.29) is 0 Å². The zero-order chi connectivity index (χ0) is 13.0. The summed E-state index contributed by atoms with van der Waals surface area (Å²) in [6, 6.07) is 5.74. The Morgan fingerprint density at radius 2 is 2.22 bits per heavy atom. The van der Waals surface area contributed by atoms with Crippen molar-refractivity contribution in [3.8, 4) is 5.88 Å². The molecule has 0 aliphatic heterocycles. The average molecular weight is 328 g/mol. The van der Waals surface area contributed by atoms with E-state index in [4.69, 9.17) is 4.74 Å². The second kappa shape index (κ2) is 6.31. The molecule has 0 radical (unpaired) electrons. The van der Waals surface area contributed by atoms with Crippen LogP contribution in [-0.2, 0) is 12.8 Å². The molecule has 0 amide bonds. The largest absolute Gasteiger partial charge is 0.481 e. The number of aliphatic hydroxyl groups is 1. The highest BCUT2D eigenvalue weighted by Gasteiger charge is 2.10. The number of thiophene rings is 1. The van der Waals surface area contributed by atoms with Crippen molar-refractivity contribution in [1.82, 2.24) is 4.98 Å². The van der Waals surface area contributed by atoms with E-state index in [1.807, 2.05) is 23.6 Å². The molecular weight excluding hydrogens is 314 g/mol. The van der Waals surface area contributed by atoms with Gasteiger partial charge in [-0.1, -0.05) is 6.07 Å². The summed E-state index contributed by atoms with van der Waals surface area (Å²) in [6.45, 7) is 0. The summed E-state index contributed by atoms with van der Waals surface area (Å²) < 4.78 is 6.07. The molecule has 0 spiro atoms. The van der Waals surface area contributed by atoms with Crippen molar-refractivity contribution in [2.24, 2.45) is 0 Å². The van der Waals surface area contributed by atoms with Crippen molar-refractivity contribution in [1.29, 1.82) is 0 Å². The Bertz CT molecular complexity index is 498. The highest BCUT2D eigenvalue weighted by molar-refractivity contribution is 9.10. The van der Waals surface area contributed by atoms with Gasteiger partial charge in [-0.25, -0.2) is 4.98 Å². The van der Waals surface area contributed by atoms with Gasteiger partial charge in [-0.2, -0.15) is 0 Å². The minimum Gasteiger partial charge on any atom is -0.481 e. The van der Waals surface area contributed by atoms with E-state index in [1.165, 1.54) is 4.88 Å². The Labute approximate surface area is 119 Å². The van der Waals surface area contributed by atoms with Crippen LogP contribution in [0.2, 0.25) is 0 Å². The predicted octanol–water partition coefficient (Wildman–Crippen LogP) is 3.06. The molecule has 2 aromatic heterocycles. The number of halogens is 1. The molecule has 2 aromatic rings. The zero-order valence-electron chi connectivity index (χ0n) is 9.97. The summed E-state index contributed by atoms with van der Waals surface area (Å²) in [7, 11) is 1.59. The molecule has 96 valence electrons. The molecule has 1 atom stereocenters. The van der Waals surface area contributed by atoms with Crippen LogP contribution in [0.25, 0.3) is 0 Å². The summed E-state index contributed by atoms with van der Waals surface area (Å²) in [5.74, 6) is 0.592. The number of ether oxygens (including phenoxy) is 1. The Hall–Kier alpha value is -0.910. The molecule has 2 heterocycles. The molecule has 0 bridgehead atoms. The third-order valence-electron chi connectivity index (χ3n) is 2.59. The standard InChI is InChI=1S/C13H14BrNO2S/c1-17-13-3-2-9(8-15-13)6-10(16)7-12-11(14)4-5-18-12/h2-5,8,10,16H,6-7H2,1H3. The Morgan fingerprint density at radius 3 is 2.78 bits per heavy atom. The van der Waals surface area contributed by atoms with Crippen LogP contribution in [0.1, 0.15) is 10.4 Å². The molecule has 0 aliphatic carbocycles. The summed E-state index contributed by atoms with van der Waals surface area (Å²) in [5.41, 5.74) is 1.01. The fourth-order valence-electron chi connectivity index (χ4n) is 1.68. The molecule has 0 saturated carbocycles. The van der Waals surface area contributed by atoms with E-state index in [0.29, 0.717) is 18.7 Å². The summed E-state index contributed by atoms with van der Waals surface area (Å²) in [4.78, 5) is 5.30. The predicted molar refractivity (Wildman–Crippen MR) is 76.2 cm³/mol. The first-order chi connectivity index (χ1) is 8.69. The van der Waals surface area contributed by atoms with Gasteiger partial charge in [0.05, 0.1) is 13.2 Å². The second-order valence-corrected chi connectivity index (χ2v) is 5.82. The van der Waals surface area contributed by atoms with Crippen molar-refractivity contribution in [3.05, 3.63) is 44.7 Å². The van der Waals surface area contributed by atoms with Crippen LogP contribution >= 0.6 is 27.3 Å². The third kappa shape index (κ3) is 3.54. The number of nitrogens with zero attached hydrogens (tertiary/aromatic N) is 1. The topological polar surface area (TPSA) is 42.4 Å². The molecule has 3 nitrogen and oxygen atoms in total. The van der Waals surface area contributed by atoms with Gasteiger partial charge >= 0.3 is 0 Å². The number of pyridine rings is 1. The quantitative estimate of drug-likeness (QED) is 0.917. The molecule has 0 saturated heterocycles. The van der Waals surface area contributed by atoms with Crippen molar-refractivity contribution >= 4 is 27.3 Å². The number of aliphatic hydroxyl groups excluding tert-OH is 1. The Morgan fingerprint density at radius 1 is 1.39 bits per heavy atom. The minimum absolute atomic E-state index is 0.393. The molecule has 18 heavy (non-hydrogen) atoms. The number of hydrogen-bond acceptors (Lipinski definition) is 4. The molecule has 1 N–H and O–H groups in total. The summed E-state index contributed by atoms with van der Waals surface area (Å²) >= 11 is 5.12. The van der Waals surface area contributed by atoms with Crippen molar-refractivity contribution in [2.45, 2.75) is 18.9 Å². The van der Waals surface area contributed by atoms with Crippen LogP contribution in [0, 0.1) is 0 Å². The van der Waals surface area contributed by atoms with E-state index in [0.717, 1.165) is 10.0 Å². The highest BCUT2D eigenvalue weighted by atomic mass is 79.9. The lowest BCUT2D eigenvalue weighted by molar-refractivity contribution is 0.176. The van der Waals surface area contributed by atoms with E-state index in [2.05, 4.69) is 20.9 Å². The highest BCUT2D eigenvalue weighted by Crippen LogP contribution is 2.24. The maximum Gasteiger partial charge on any atom is 0.212 e. The number of methoxy groups -OCH3 is 1. The minimum atomic E-state index is -0.393. The molecule has 0 aromatic carbocycles. The van der Waals surface area contributed by atoms with Gasteiger partial charge in [-0.15, -0.1) is 11.3 Å². The van der Waals surface area contributed by atoms with Gasteiger partial charge in [-0.3, -0.25) is 0 Å². The van der Waals surface area contributed by atoms with Gasteiger partial charge in [0.1, 0.15) is 0 Å². The van der Waals surface area contributed by atoms with Crippen molar-refractivity contribution < 1.29 is 9.84 Å². The lowest BCUT2D eigenvalue weighted by Crippen LogP contribution is -2.13. The number of rotatable bonds is 5. The van der Waals surface area contributed by atoms with E-state index in [1.54, 1.807) is 24.6 Å². The Kier molecular flexibility index (Phi) is 4.74. The molecular formula is C13H14BrNO2S. The first kappa shape index (κ1) is 13.5. The van der Waals surface area contributed by atoms with Crippen LogP contribution in [0.4, 0.5) is 0 Å². The smallest absolute Gasteiger partial charge is 0.212 e. The maximum absolute atomic E-state index is 10.1. The molecule has 0 aliphatic rings. The molecule has 0 fully saturated rings. The fourth-order valence-corrected chi connectivity index (χ4v) is 3.27. The van der Waals surface area contributed by atoms with Gasteiger partial charge in [0, 0.05) is 34.5 Å². The SMILES string of the molecule is COc1ccc(CC(O)Cc2sccc2Br)cn1. The molecule has 1 unspecified atom stereocenters. The summed E-state index contributed by atoms with van der Waals surface area (Å²) in [6.07, 6.45) is 2.60. The lowest BCUT2D eigenvalue weighted by Gasteiger charge is -2.10. The first-order valence-electron chi connectivity index (χ1n) is 5.58. The van der Waals surface area contributed by atoms with Crippen LogP contribution in [-0.4, -0.2) is 23.3 Å². The van der Waals surface area contributed by atoms with Crippen LogP contribution < -0.4 is 4.74 Å². The van der Waals surface area contributed by atoms with Gasteiger partial charge in [0.15, 0.2) is 0 Å². The number of hydrogen-bond donors (Lipinski definition) is 1. The van der Waals surface area contributed by atoms with Crippen molar-refractivity contribution in [3.63, 3.8) is 0 Å². The monoisotopic (exact) mass is 327 g/mol. The van der Waals surface area contributed by atoms with Gasteiger partial charge in [-0.05, 0) is 32.9 Å². The van der Waals surface area contributed by atoms with E-state index < -0.39 is 6.10 Å². The zero-order valence-corrected chi connectivity index (χ0v) is 12.4. The van der Waals surface area contributed by atoms with Gasteiger partial charge in [0.25, 0.3) is 0 Å². The average Bonchev–Trinajstić information content (AvgIpc) is 2.76. The molecule has 2 rings (SSSR count). The Balaban J connectivity index is 1.94. The van der Waals surface area contributed by atoms with Crippen LogP contribution in [0.5, 0.6) is 5.88 Å². The van der Waals surface area contributed by atoms with E-state index >= 15 is 0 Å². The normalized spacial score (nSPS) is 12.4. The second-order valence-electron chi connectivity index (χ2n) is 3.96. The lowest BCUT2D eigenvalue weighted by atomic mass is 10.1. The van der Waals surface area contributed by atoms with E-state index in [9.17, 15) is 5.11 Å². The van der Waals surface area contributed by atoms with Gasteiger partial charge < -0.3 is 9.84 Å². The molecule has 5 heteroatoms. The van der Waals surface area contributed by atoms with Crippen LogP contribution in [0.3, 0.4) is 0 Å². The number of aromatic nitrogens is 1. The fraction of sp³-hybridized carbons (Fsp3) is 0.308.